The lowest BCUT2D eigenvalue weighted by Gasteiger charge is -2.12. The van der Waals surface area contributed by atoms with Crippen molar-refractivity contribution >= 4 is 22.8 Å². The summed E-state index contributed by atoms with van der Waals surface area (Å²) in [6.45, 7) is 1.83. The zero-order valence-electron chi connectivity index (χ0n) is 12.1. The number of rotatable bonds is 7. The van der Waals surface area contributed by atoms with Crippen molar-refractivity contribution in [2.75, 3.05) is 0 Å². The lowest BCUT2D eigenvalue weighted by Crippen LogP contribution is -2.33. The molecule has 1 amide bonds. The molecule has 1 unspecified atom stereocenters. The first-order valence-corrected chi connectivity index (χ1v) is 7.12. The van der Waals surface area contributed by atoms with Gasteiger partial charge in [0.05, 0.1) is 0 Å². The first-order chi connectivity index (χ1) is 10.0. The van der Waals surface area contributed by atoms with Gasteiger partial charge in [-0.25, -0.2) is 0 Å². The summed E-state index contributed by atoms with van der Waals surface area (Å²) in [6.07, 6.45) is 3.51. The molecule has 2 aromatic rings. The molecule has 1 aromatic heterocycles. The van der Waals surface area contributed by atoms with Crippen molar-refractivity contribution in [3.05, 3.63) is 36.0 Å². The Morgan fingerprint density at radius 3 is 2.86 bits per heavy atom. The van der Waals surface area contributed by atoms with E-state index in [-0.39, 0.29) is 18.4 Å². The second kappa shape index (κ2) is 6.92. The maximum absolute atomic E-state index is 11.8. The largest absolute Gasteiger partial charge is 0.481 e. The van der Waals surface area contributed by atoms with Crippen molar-refractivity contribution in [2.24, 2.45) is 0 Å². The van der Waals surface area contributed by atoms with Crippen molar-refractivity contribution in [1.29, 1.82) is 0 Å². The Balaban J connectivity index is 1.79. The highest BCUT2D eigenvalue weighted by Gasteiger charge is 2.09. The summed E-state index contributed by atoms with van der Waals surface area (Å²) in [7, 11) is 0. The average molecular weight is 288 g/mol. The predicted molar refractivity (Wildman–Crippen MR) is 81.1 cm³/mol. The van der Waals surface area contributed by atoms with E-state index in [4.69, 9.17) is 5.11 Å². The molecule has 0 aliphatic carbocycles. The standard InChI is InChI=1S/C16H20N2O3/c1-11(2-7-16(20)21)18-15(19)6-4-12-3-5-14-13(10-12)8-9-17-14/h3,5,8-11,17H,2,4,6-7H2,1H3,(H,18,19)(H,20,21). The lowest BCUT2D eigenvalue weighted by molar-refractivity contribution is -0.137. The highest BCUT2D eigenvalue weighted by atomic mass is 16.4. The third kappa shape index (κ3) is 4.63. The highest BCUT2D eigenvalue weighted by molar-refractivity contribution is 5.80. The molecule has 3 N–H and O–H groups in total. The SMILES string of the molecule is CC(CCC(=O)O)NC(=O)CCc1ccc2[nH]ccc2c1. The van der Waals surface area contributed by atoms with Gasteiger partial charge in [-0.2, -0.15) is 0 Å². The number of hydrogen-bond acceptors (Lipinski definition) is 2. The first-order valence-electron chi connectivity index (χ1n) is 7.12. The summed E-state index contributed by atoms with van der Waals surface area (Å²) in [5.74, 6) is -0.877. The van der Waals surface area contributed by atoms with Crippen LogP contribution < -0.4 is 5.32 Å². The lowest BCUT2D eigenvalue weighted by atomic mass is 10.1. The van der Waals surface area contributed by atoms with Crippen LogP contribution in [0.15, 0.2) is 30.5 Å². The number of aryl methyl sites for hydroxylation is 1. The fourth-order valence-electron chi connectivity index (χ4n) is 2.28. The van der Waals surface area contributed by atoms with Gasteiger partial charge < -0.3 is 15.4 Å². The fourth-order valence-corrected chi connectivity index (χ4v) is 2.28. The van der Waals surface area contributed by atoms with E-state index in [0.29, 0.717) is 19.3 Å². The third-order valence-electron chi connectivity index (χ3n) is 3.46. The van der Waals surface area contributed by atoms with Crippen molar-refractivity contribution in [1.82, 2.24) is 10.3 Å². The first kappa shape index (κ1) is 15.1. The topological polar surface area (TPSA) is 82.2 Å². The summed E-state index contributed by atoms with van der Waals surface area (Å²) in [6, 6.07) is 8.00. The van der Waals surface area contributed by atoms with Gasteiger partial charge in [0.25, 0.3) is 0 Å². The maximum atomic E-state index is 11.8. The number of aliphatic carboxylic acids is 1. The van der Waals surface area contributed by atoms with Gasteiger partial charge in [0.15, 0.2) is 0 Å². The number of carbonyl (C=O) groups is 2. The molecule has 21 heavy (non-hydrogen) atoms. The number of aromatic nitrogens is 1. The van der Waals surface area contributed by atoms with Crippen molar-refractivity contribution < 1.29 is 14.7 Å². The Bertz CT molecular complexity index is 633. The molecule has 1 aromatic carbocycles. The zero-order valence-corrected chi connectivity index (χ0v) is 12.1. The maximum Gasteiger partial charge on any atom is 0.303 e. The van der Waals surface area contributed by atoms with Crippen LogP contribution in [0.1, 0.15) is 31.7 Å². The van der Waals surface area contributed by atoms with E-state index in [1.165, 1.54) is 0 Å². The zero-order chi connectivity index (χ0) is 15.2. The second-order valence-corrected chi connectivity index (χ2v) is 5.30. The number of nitrogens with one attached hydrogen (secondary N) is 2. The molecular weight excluding hydrogens is 268 g/mol. The number of carboxylic acid groups (broad SMARTS) is 1. The number of H-pyrrole nitrogens is 1. The Morgan fingerprint density at radius 2 is 2.10 bits per heavy atom. The quantitative estimate of drug-likeness (QED) is 0.732. The molecular formula is C16H20N2O3. The van der Waals surface area contributed by atoms with Crippen LogP contribution in [0.4, 0.5) is 0 Å². The Labute approximate surface area is 123 Å². The third-order valence-corrected chi connectivity index (χ3v) is 3.46. The molecule has 0 spiro atoms. The van der Waals surface area contributed by atoms with Crippen LogP contribution in [0.25, 0.3) is 10.9 Å². The summed E-state index contributed by atoms with van der Waals surface area (Å²) < 4.78 is 0. The monoisotopic (exact) mass is 288 g/mol. The number of carbonyl (C=O) groups excluding carboxylic acids is 1. The minimum Gasteiger partial charge on any atom is -0.481 e. The Hall–Kier alpha value is -2.30. The van der Waals surface area contributed by atoms with E-state index in [9.17, 15) is 9.59 Å². The molecule has 0 saturated carbocycles. The van der Waals surface area contributed by atoms with Crippen LogP contribution in [-0.4, -0.2) is 28.0 Å². The van der Waals surface area contributed by atoms with Crippen LogP contribution in [0.5, 0.6) is 0 Å². The predicted octanol–water partition coefficient (Wildman–Crippen LogP) is 2.47. The van der Waals surface area contributed by atoms with E-state index < -0.39 is 5.97 Å². The van der Waals surface area contributed by atoms with Crippen LogP contribution in [-0.2, 0) is 16.0 Å². The second-order valence-electron chi connectivity index (χ2n) is 5.30. The molecule has 0 radical (unpaired) electrons. The number of amides is 1. The molecule has 0 bridgehead atoms. The minimum atomic E-state index is -0.837. The summed E-state index contributed by atoms with van der Waals surface area (Å²) in [5.41, 5.74) is 2.21. The summed E-state index contributed by atoms with van der Waals surface area (Å²) in [5, 5.41) is 12.6. The number of hydrogen-bond donors (Lipinski definition) is 3. The molecule has 5 heteroatoms. The smallest absolute Gasteiger partial charge is 0.303 e. The molecule has 0 fully saturated rings. The highest BCUT2D eigenvalue weighted by Crippen LogP contribution is 2.15. The van der Waals surface area contributed by atoms with E-state index >= 15 is 0 Å². The van der Waals surface area contributed by atoms with Gasteiger partial charge in [-0.3, -0.25) is 9.59 Å². The van der Waals surface area contributed by atoms with Gasteiger partial charge >= 0.3 is 5.97 Å². The normalized spacial score (nSPS) is 12.2. The number of benzene rings is 1. The van der Waals surface area contributed by atoms with Crippen molar-refractivity contribution in [3.63, 3.8) is 0 Å². The van der Waals surface area contributed by atoms with E-state index in [2.05, 4.69) is 16.4 Å². The molecule has 0 aliphatic heterocycles. The van der Waals surface area contributed by atoms with Gasteiger partial charge in [-0.1, -0.05) is 6.07 Å². The van der Waals surface area contributed by atoms with Gasteiger partial charge in [0, 0.05) is 30.6 Å². The van der Waals surface area contributed by atoms with E-state index in [1.54, 1.807) is 0 Å². The molecule has 5 nitrogen and oxygen atoms in total. The van der Waals surface area contributed by atoms with E-state index in [0.717, 1.165) is 16.5 Å². The molecule has 2 rings (SSSR count). The summed E-state index contributed by atoms with van der Waals surface area (Å²) >= 11 is 0. The van der Waals surface area contributed by atoms with Gasteiger partial charge in [-0.15, -0.1) is 0 Å². The summed E-state index contributed by atoms with van der Waals surface area (Å²) in [4.78, 5) is 25.4. The fraction of sp³-hybridized carbons (Fsp3) is 0.375. The van der Waals surface area contributed by atoms with Crippen molar-refractivity contribution in [2.45, 2.75) is 38.6 Å². The Kier molecular flexibility index (Phi) is 4.98. The van der Waals surface area contributed by atoms with Gasteiger partial charge in [0.1, 0.15) is 0 Å². The van der Waals surface area contributed by atoms with Gasteiger partial charge in [-0.05, 0) is 48.9 Å². The molecule has 0 saturated heterocycles. The van der Waals surface area contributed by atoms with Crippen LogP contribution >= 0.6 is 0 Å². The number of fused-ring (bicyclic) bond motifs is 1. The molecule has 0 aliphatic rings. The molecule has 1 heterocycles. The number of carboxylic acids is 1. The van der Waals surface area contributed by atoms with Crippen LogP contribution in [0.2, 0.25) is 0 Å². The van der Waals surface area contributed by atoms with Gasteiger partial charge in [0.2, 0.25) is 5.91 Å². The Morgan fingerprint density at radius 1 is 1.29 bits per heavy atom. The van der Waals surface area contributed by atoms with Crippen molar-refractivity contribution in [3.8, 4) is 0 Å². The molecule has 1 atom stereocenters. The molecule has 112 valence electrons. The van der Waals surface area contributed by atoms with E-state index in [1.807, 2.05) is 31.3 Å². The minimum absolute atomic E-state index is 0.0398. The van der Waals surface area contributed by atoms with Crippen LogP contribution in [0.3, 0.4) is 0 Å². The average Bonchev–Trinajstić information content (AvgIpc) is 2.90. The number of aromatic amines is 1. The van der Waals surface area contributed by atoms with Crippen LogP contribution in [0, 0.1) is 0 Å².